The van der Waals surface area contributed by atoms with Gasteiger partial charge in [0.05, 0.1) is 11.7 Å². The first kappa shape index (κ1) is 15.7. The number of halogens is 7. The largest absolute Gasteiger partial charge is 0.419 e. The number of rotatable bonds is 3. The van der Waals surface area contributed by atoms with Gasteiger partial charge in [0.25, 0.3) is 0 Å². The van der Waals surface area contributed by atoms with Crippen molar-refractivity contribution in [3.63, 3.8) is 0 Å². The van der Waals surface area contributed by atoms with Crippen LogP contribution in [0.4, 0.5) is 30.7 Å². The molecule has 0 amide bonds. The predicted octanol–water partition coefficient (Wildman–Crippen LogP) is 4.22. The van der Waals surface area contributed by atoms with Crippen molar-refractivity contribution in [3.8, 4) is 0 Å². The summed E-state index contributed by atoms with van der Waals surface area (Å²) in [5.74, 6) is -1.54. The molecule has 1 N–H and O–H groups in total. The molecule has 0 aromatic heterocycles. The second kappa shape index (κ2) is 5.36. The lowest BCUT2D eigenvalue weighted by atomic mass is 10.0. The molecule has 1 atom stereocenters. The van der Waals surface area contributed by atoms with Gasteiger partial charge >= 0.3 is 12.4 Å². The maximum atomic E-state index is 12.9. The van der Waals surface area contributed by atoms with Crippen molar-refractivity contribution in [1.29, 1.82) is 0 Å². The molecule has 1 aromatic carbocycles. The lowest BCUT2D eigenvalue weighted by molar-refractivity contribution is -0.142. The van der Waals surface area contributed by atoms with Gasteiger partial charge in [-0.3, -0.25) is 0 Å². The minimum Gasteiger partial charge on any atom is -0.388 e. The van der Waals surface area contributed by atoms with Crippen molar-refractivity contribution in [1.82, 2.24) is 0 Å². The Morgan fingerprint density at radius 2 is 1.63 bits per heavy atom. The van der Waals surface area contributed by atoms with Crippen LogP contribution in [0, 0.1) is 5.82 Å². The Kier molecular flexibility index (Phi) is 4.44. The first-order valence-electron chi connectivity index (χ1n) is 5.12. The van der Waals surface area contributed by atoms with Gasteiger partial charge < -0.3 is 5.11 Å². The van der Waals surface area contributed by atoms with Crippen molar-refractivity contribution in [2.24, 2.45) is 0 Å². The Bertz CT molecular complexity index is 436. The second-order valence-electron chi connectivity index (χ2n) is 3.91. The van der Waals surface area contributed by atoms with E-state index in [9.17, 15) is 35.8 Å². The molecule has 0 aliphatic rings. The molecular formula is C11H9F7O. The fraction of sp³-hybridized carbons (Fsp3) is 0.455. The number of alkyl halides is 6. The Labute approximate surface area is 103 Å². The van der Waals surface area contributed by atoms with Gasteiger partial charge in [-0.1, -0.05) is 6.07 Å². The van der Waals surface area contributed by atoms with Crippen molar-refractivity contribution in [2.45, 2.75) is 31.3 Å². The third kappa shape index (κ3) is 4.70. The molecule has 0 aliphatic carbocycles. The van der Waals surface area contributed by atoms with Gasteiger partial charge in [-0.15, -0.1) is 0 Å². The van der Waals surface area contributed by atoms with Crippen molar-refractivity contribution in [3.05, 3.63) is 35.1 Å². The first-order chi connectivity index (χ1) is 8.50. The highest BCUT2D eigenvalue weighted by Gasteiger charge is 2.35. The van der Waals surface area contributed by atoms with Crippen LogP contribution in [-0.4, -0.2) is 11.3 Å². The van der Waals surface area contributed by atoms with E-state index in [4.69, 9.17) is 0 Å². The molecule has 0 aliphatic heterocycles. The fourth-order valence-corrected chi connectivity index (χ4v) is 1.43. The number of benzene rings is 1. The maximum Gasteiger partial charge on any atom is 0.419 e. The van der Waals surface area contributed by atoms with E-state index in [1.165, 1.54) is 0 Å². The standard InChI is InChI=1S/C11H9F7O/c12-8-2-1-6(5-7(8)11(16,17)18)9(19)3-4-10(13,14)15/h1-2,5,9,19H,3-4H2. The average Bonchev–Trinajstić information content (AvgIpc) is 2.24. The van der Waals surface area contributed by atoms with E-state index in [1.807, 2.05) is 0 Å². The van der Waals surface area contributed by atoms with Crippen LogP contribution >= 0.6 is 0 Å². The van der Waals surface area contributed by atoms with Gasteiger partial charge in [0.15, 0.2) is 0 Å². The molecule has 0 spiro atoms. The van der Waals surface area contributed by atoms with Gasteiger partial charge in [0.1, 0.15) is 5.82 Å². The zero-order chi connectivity index (χ0) is 14.8. The van der Waals surface area contributed by atoms with Crippen LogP contribution in [0.5, 0.6) is 0 Å². The van der Waals surface area contributed by atoms with Crippen molar-refractivity contribution in [2.75, 3.05) is 0 Å². The van der Waals surface area contributed by atoms with E-state index in [2.05, 4.69) is 0 Å². The highest BCUT2D eigenvalue weighted by molar-refractivity contribution is 5.28. The summed E-state index contributed by atoms with van der Waals surface area (Å²) in [6.45, 7) is 0. The molecule has 0 bridgehead atoms. The Balaban J connectivity index is 2.90. The smallest absolute Gasteiger partial charge is 0.388 e. The number of hydrogen-bond donors (Lipinski definition) is 1. The molecule has 1 unspecified atom stereocenters. The Morgan fingerprint density at radius 3 is 2.11 bits per heavy atom. The van der Waals surface area contributed by atoms with E-state index >= 15 is 0 Å². The van der Waals surface area contributed by atoms with Crippen LogP contribution in [0.1, 0.15) is 30.1 Å². The van der Waals surface area contributed by atoms with Gasteiger partial charge in [0, 0.05) is 6.42 Å². The Hall–Kier alpha value is -1.31. The Morgan fingerprint density at radius 1 is 1.05 bits per heavy atom. The molecule has 19 heavy (non-hydrogen) atoms. The van der Waals surface area contributed by atoms with Crippen LogP contribution in [0.3, 0.4) is 0 Å². The molecule has 1 aromatic rings. The monoisotopic (exact) mass is 290 g/mol. The highest BCUT2D eigenvalue weighted by Crippen LogP contribution is 2.34. The highest BCUT2D eigenvalue weighted by atomic mass is 19.4. The van der Waals surface area contributed by atoms with E-state index in [1.54, 1.807) is 0 Å². The summed E-state index contributed by atoms with van der Waals surface area (Å²) in [5.41, 5.74) is -2.02. The number of aliphatic hydroxyl groups is 1. The molecule has 1 nitrogen and oxygen atoms in total. The summed E-state index contributed by atoms with van der Waals surface area (Å²) in [6.07, 6.45) is -13.3. The molecule has 0 fully saturated rings. The molecular weight excluding hydrogens is 281 g/mol. The average molecular weight is 290 g/mol. The molecule has 0 heterocycles. The first-order valence-corrected chi connectivity index (χ1v) is 5.12. The zero-order valence-corrected chi connectivity index (χ0v) is 9.32. The van der Waals surface area contributed by atoms with Crippen molar-refractivity contribution >= 4 is 0 Å². The molecule has 8 heteroatoms. The summed E-state index contributed by atoms with van der Waals surface area (Å²) in [5, 5.41) is 9.38. The summed E-state index contributed by atoms with van der Waals surface area (Å²) >= 11 is 0. The summed E-state index contributed by atoms with van der Waals surface area (Å²) in [4.78, 5) is 0. The number of hydrogen-bond acceptors (Lipinski definition) is 1. The van der Waals surface area contributed by atoms with Gasteiger partial charge in [0.2, 0.25) is 0 Å². The SMILES string of the molecule is OC(CCC(F)(F)F)c1ccc(F)c(C(F)(F)F)c1. The quantitative estimate of drug-likeness (QED) is 0.826. The van der Waals surface area contributed by atoms with Crippen LogP contribution in [0.2, 0.25) is 0 Å². The normalized spacial score (nSPS) is 14.5. The molecule has 1 rings (SSSR count). The van der Waals surface area contributed by atoms with E-state index in [0.717, 1.165) is 6.07 Å². The van der Waals surface area contributed by atoms with Gasteiger partial charge in [-0.2, -0.15) is 26.3 Å². The second-order valence-corrected chi connectivity index (χ2v) is 3.91. The van der Waals surface area contributed by atoms with Crippen molar-refractivity contribution < 1.29 is 35.8 Å². The molecule has 108 valence electrons. The maximum absolute atomic E-state index is 12.9. The summed E-state index contributed by atoms with van der Waals surface area (Å²) in [6, 6.07) is 1.61. The molecule has 0 radical (unpaired) electrons. The van der Waals surface area contributed by atoms with Crippen LogP contribution in [0.25, 0.3) is 0 Å². The predicted molar refractivity (Wildman–Crippen MR) is 51.7 cm³/mol. The lowest BCUT2D eigenvalue weighted by Gasteiger charge is -2.15. The molecule has 0 saturated heterocycles. The summed E-state index contributed by atoms with van der Waals surface area (Å²) < 4.78 is 85.8. The zero-order valence-electron chi connectivity index (χ0n) is 9.32. The van der Waals surface area contributed by atoms with Gasteiger partial charge in [-0.05, 0) is 24.1 Å². The fourth-order valence-electron chi connectivity index (χ4n) is 1.43. The van der Waals surface area contributed by atoms with Gasteiger partial charge in [-0.25, -0.2) is 4.39 Å². The third-order valence-corrected chi connectivity index (χ3v) is 2.38. The summed E-state index contributed by atoms with van der Waals surface area (Å²) in [7, 11) is 0. The minimum atomic E-state index is -4.97. The molecule has 0 saturated carbocycles. The van der Waals surface area contributed by atoms with Crippen LogP contribution in [0.15, 0.2) is 18.2 Å². The lowest BCUT2D eigenvalue weighted by Crippen LogP contribution is -2.12. The van der Waals surface area contributed by atoms with E-state index < -0.39 is 48.2 Å². The van der Waals surface area contributed by atoms with E-state index in [0.29, 0.717) is 12.1 Å². The minimum absolute atomic E-state index is 0.316. The number of aliphatic hydroxyl groups excluding tert-OH is 1. The van der Waals surface area contributed by atoms with Crippen LogP contribution < -0.4 is 0 Å². The third-order valence-electron chi connectivity index (χ3n) is 2.38. The van der Waals surface area contributed by atoms with E-state index in [-0.39, 0.29) is 0 Å². The topological polar surface area (TPSA) is 20.2 Å². The van der Waals surface area contributed by atoms with Crippen LogP contribution in [-0.2, 0) is 6.18 Å².